The van der Waals surface area contributed by atoms with Crippen molar-refractivity contribution in [2.75, 3.05) is 13.2 Å². The summed E-state index contributed by atoms with van der Waals surface area (Å²) in [6, 6.07) is 5.31. The van der Waals surface area contributed by atoms with E-state index in [4.69, 9.17) is 9.47 Å². The van der Waals surface area contributed by atoms with Crippen molar-refractivity contribution in [2.45, 2.75) is 51.6 Å². The minimum Gasteiger partial charge on any atom is -0.508 e. The number of phenolic OH excluding ortho intramolecular Hbond substituents is 1. The number of carbonyl (C=O) groups excluding carboxylic acids is 1. The van der Waals surface area contributed by atoms with Gasteiger partial charge in [0, 0.05) is 12.1 Å². The van der Waals surface area contributed by atoms with Crippen LogP contribution in [0.25, 0.3) is 0 Å². The Kier molecular flexibility index (Phi) is 4.61. The topological polar surface area (TPSA) is 67.8 Å². The van der Waals surface area contributed by atoms with Crippen LogP contribution in [0.4, 0.5) is 4.79 Å². The molecule has 2 aliphatic rings. The van der Waals surface area contributed by atoms with Crippen LogP contribution in [-0.4, -0.2) is 30.0 Å². The molecule has 0 aliphatic heterocycles. The summed E-state index contributed by atoms with van der Waals surface area (Å²) in [5, 5.41) is 12.6. The molecule has 5 nitrogen and oxygen atoms in total. The van der Waals surface area contributed by atoms with E-state index in [1.165, 1.54) is 12.8 Å². The largest absolute Gasteiger partial charge is 0.508 e. The van der Waals surface area contributed by atoms with E-state index in [1.807, 2.05) is 26.8 Å². The van der Waals surface area contributed by atoms with Gasteiger partial charge in [0.15, 0.2) is 0 Å². The molecule has 0 bridgehead atoms. The van der Waals surface area contributed by atoms with E-state index in [1.54, 1.807) is 12.1 Å². The lowest BCUT2D eigenvalue weighted by Gasteiger charge is -2.19. The summed E-state index contributed by atoms with van der Waals surface area (Å²) in [4.78, 5) is 11.7. The quantitative estimate of drug-likeness (QED) is 0.831. The molecule has 1 aromatic rings. The van der Waals surface area contributed by atoms with Crippen LogP contribution in [0.5, 0.6) is 11.5 Å². The van der Waals surface area contributed by atoms with Crippen molar-refractivity contribution >= 4 is 6.09 Å². The average molecular weight is 333 g/mol. The Morgan fingerprint density at radius 2 is 2.08 bits per heavy atom. The van der Waals surface area contributed by atoms with Gasteiger partial charge in [-0.2, -0.15) is 0 Å². The first-order chi connectivity index (χ1) is 11.3. The number of alkyl carbamates (subject to hydrolysis) is 1. The van der Waals surface area contributed by atoms with E-state index in [0.29, 0.717) is 24.3 Å². The zero-order valence-electron chi connectivity index (χ0n) is 14.7. The maximum absolute atomic E-state index is 11.7. The summed E-state index contributed by atoms with van der Waals surface area (Å²) in [5.41, 5.74) is 0.564. The molecule has 1 amide bonds. The number of aromatic hydroxyl groups is 1. The highest BCUT2D eigenvalue weighted by molar-refractivity contribution is 5.67. The Bertz CT molecular complexity index is 604. The Labute approximate surface area is 143 Å². The molecule has 2 saturated carbocycles. The smallest absolute Gasteiger partial charge is 0.407 e. The molecule has 5 heteroatoms. The van der Waals surface area contributed by atoms with Gasteiger partial charge in [-0.1, -0.05) is 0 Å². The van der Waals surface area contributed by atoms with E-state index in [0.717, 1.165) is 24.3 Å². The molecule has 24 heavy (non-hydrogen) atoms. The van der Waals surface area contributed by atoms with Crippen molar-refractivity contribution in [3.8, 4) is 11.5 Å². The third-order valence-corrected chi connectivity index (χ3v) is 4.39. The lowest BCUT2D eigenvalue weighted by Crippen LogP contribution is -2.33. The molecule has 0 unspecified atom stereocenters. The predicted octanol–water partition coefficient (Wildman–Crippen LogP) is 3.81. The van der Waals surface area contributed by atoms with E-state index < -0.39 is 5.60 Å². The van der Waals surface area contributed by atoms with Crippen LogP contribution in [0.15, 0.2) is 18.2 Å². The monoisotopic (exact) mass is 333 g/mol. The number of hydrogen-bond acceptors (Lipinski definition) is 4. The highest BCUT2D eigenvalue weighted by Gasteiger charge is 2.40. The van der Waals surface area contributed by atoms with E-state index in [2.05, 4.69) is 5.32 Å². The van der Waals surface area contributed by atoms with Crippen molar-refractivity contribution < 1.29 is 19.4 Å². The SMILES string of the molecule is CC(C)(C)OC(=O)NC[C@H]1C[C@H]1c1cc(O)ccc1OCC1CC1. The summed E-state index contributed by atoms with van der Waals surface area (Å²) in [7, 11) is 0. The predicted molar refractivity (Wildman–Crippen MR) is 91.4 cm³/mol. The highest BCUT2D eigenvalue weighted by atomic mass is 16.6. The van der Waals surface area contributed by atoms with Gasteiger partial charge in [-0.15, -0.1) is 0 Å². The van der Waals surface area contributed by atoms with Gasteiger partial charge in [-0.3, -0.25) is 0 Å². The first-order valence-corrected chi connectivity index (χ1v) is 8.74. The van der Waals surface area contributed by atoms with Crippen LogP contribution >= 0.6 is 0 Å². The van der Waals surface area contributed by atoms with Crippen LogP contribution in [0.3, 0.4) is 0 Å². The minimum absolute atomic E-state index is 0.259. The van der Waals surface area contributed by atoms with Gasteiger partial charge in [0.1, 0.15) is 17.1 Å². The van der Waals surface area contributed by atoms with Crippen molar-refractivity contribution in [3.05, 3.63) is 23.8 Å². The second-order valence-corrected chi connectivity index (χ2v) is 7.96. The first kappa shape index (κ1) is 16.9. The number of rotatable bonds is 6. The first-order valence-electron chi connectivity index (χ1n) is 8.74. The molecular formula is C19H27NO4. The highest BCUT2D eigenvalue weighted by Crippen LogP contribution is 2.51. The maximum Gasteiger partial charge on any atom is 0.407 e. The summed E-state index contributed by atoms with van der Waals surface area (Å²) >= 11 is 0. The van der Waals surface area contributed by atoms with Crippen LogP contribution in [0.1, 0.15) is 51.5 Å². The zero-order chi connectivity index (χ0) is 17.3. The van der Waals surface area contributed by atoms with E-state index in [9.17, 15) is 9.90 Å². The third-order valence-electron chi connectivity index (χ3n) is 4.39. The van der Waals surface area contributed by atoms with Crippen LogP contribution in [0, 0.1) is 11.8 Å². The molecule has 2 atom stereocenters. The molecule has 0 heterocycles. The van der Waals surface area contributed by atoms with Crippen molar-refractivity contribution in [1.82, 2.24) is 5.32 Å². The fraction of sp³-hybridized carbons (Fsp3) is 0.632. The summed E-state index contributed by atoms with van der Waals surface area (Å²) in [6.07, 6.45) is 3.10. The molecular weight excluding hydrogens is 306 g/mol. The van der Waals surface area contributed by atoms with Gasteiger partial charge in [-0.05, 0) is 76.0 Å². The van der Waals surface area contributed by atoms with Crippen LogP contribution in [0.2, 0.25) is 0 Å². The van der Waals surface area contributed by atoms with Crippen molar-refractivity contribution in [3.63, 3.8) is 0 Å². The van der Waals surface area contributed by atoms with Crippen LogP contribution in [-0.2, 0) is 4.74 Å². The van der Waals surface area contributed by atoms with Gasteiger partial charge < -0.3 is 19.9 Å². The lowest BCUT2D eigenvalue weighted by molar-refractivity contribution is 0.0525. The normalized spacial score (nSPS) is 22.8. The summed E-state index contributed by atoms with van der Waals surface area (Å²) in [5.74, 6) is 2.50. The molecule has 1 aromatic carbocycles. The molecule has 0 saturated heterocycles. The molecule has 2 N–H and O–H groups in total. The van der Waals surface area contributed by atoms with E-state index >= 15 is 0 Å². The van der Waals surface area contributed by atoms with Gasteiger partial charge in [0.05, 0.1) is 6.61 Å². The molecule has 132 valence electrons. The van der Waals surface area contributed by atoms with Gasteiger partial charge in [-0.25, -0.2) is 4.79 Å². The molecule has 2 aliphatic carbocycles. The standard InChI is InChI=1S/C19H27NO4/c1-19(2,3)24-18(22)20-10-13-8-15(13)16-9-14(21)6-7-17(16)23-11-12-4-5-12/h6-7,9,12-13,15,21H,4-5,8,10-11H2,1-3H3,(H,20,22)/t13-,15-/m1/s1. The van der Waals surface area contributed by atoms with E-state index in [-0.39, 0.29) is 11.8 Å². The van der Waals surface area contributed by atoms with Gasteiger partial charge in [0.25, 0.3) is 0 Å². The Hall–Kier alpha value is -1.91. The van der Waals surface area contributed by atoms with Crippen molar-refractivity contribution in [2.24, 2.45) is 11.8 Å². The van der Waals surface area contributed by atoms with Gasteiger partial charge in [0.2, 0.25) is 0 Å². The lowest BCUT2D eigenvalue weighted by atomic mass is 10.1. The number of nitrogens with one attached hydrogen (secondary N) is 1. The van der Waals surface area contributed by atoms with Crippen molar-refractivity contribution in [1.29, 1.82) is 0 Å². The second kappa shape index (κ2) is 6.54. The van der Waals surface area contributed by atoms with Crippen LogP contribution < -0.4 is 10.1 Å². The Balaban J connectivity index is 1.54. The molecule has 3 rings (SSSR count). The zero-order valence-corrected chi connectivity index (χ0v) is 14.7. The molecule has 0 radical (unpaired) electrons. The Morgan fingerprint density at radius 3 is 2.75 bits per heavy atom. The number of hydrogen-bond donors (Lipinski definition) is 2. The number of phenols is 1. The summed E-state index contributed by atoms with van der Waals surface area (Å²) < 4.78 is 11.2. The third kappa shape index (κ3) is 4.79. The molecule has 0 aromatic heterocycles. The number of carbonyl (C=O) groups is 1. The fourth-order valence-corrected chi connectivity index (χ4v) is 2.83. The summed E-state index contributed by atoms with van der Waals surface area (Å²) in [6.45, 7) is 6.89. The Morgan fingerprint density at radius 1 is 1.33 bits per heavy atom. The second-order valence-electron chi connectivity index (χ2n) is 7.96. The fourth-order valence-electron chi connectivity index (χ4n) is 2.83. The molecule has 0 spiro atoms. The number of ether oxygens (including phenoxy) is 2. The number of amides is 1. The minimum atomic E-state index is -0.484. The van der Waals surface area contributed by atoms with Gasteiger partial charge >= 0.3 is 6.09 Å². The maximum atomic E-state index is 11.7. The number of benzene rings is 1. The molecule has 2 fully saturated rings. The average Bonchev–Trinajstić information content (AvgIpc) is 3.36.